The molecular weight excluding hydrogens is 685 g/mol. The summed E-state index contributed by atoms with van der Waals surface area (Å²) in [5.41, 5.74) is 4.69. The molecule has 4 atom stereocenters. The molecular formula is C53H46O3. The third kappa shape index (κ3) is 8.28. The molecule has 0 bridgehead atoms. The zero-order valence-corrected chi connectivity index (χ0v) is 31.5. The molecule has 0 saturated heterocycles. The molecule has 4 unspecified atom stereocenters. The van der Waals surface area contributed by atoms with Crippen LogP contribution in [0.5, 0.6) is 11.5 Å². The number of ketones is 1. The number of carbonyl (C=O) groups excluding carboxylic acids is 1. The van der Waals surface area contributed by atoms with Crippen molar-refractivity contribution in [2.24, 2.45) is 0 Å². The Bertz CT molecular complexity index is 2140. The van der Waals surface area contributed by atoms with Crippen molar-refractivity contribution in [1.82, 2.24) is 0 Å². The Hall–Kier alpha value is -6.45. The van der Waals surface area contributed by atoms with Crippen molar-refractivity contribution >= 4 is 5.78 Å². The monoisotopic (exact) mass is 730 g/mol. The second kappa shape index (κ2) is 16.9. The number of allylic oxidation sites excluding steroid dienone is 4. The molecule has 2 aliphatic carbocycles. The van der Waals surface area contributed by atoms with E-state index in [0.29, 0.717) is 24.3 Å². The molecule has 0 aromatic heterocycles. The number of benzene rings is 6. The van der Waals surface area contributed by atoms with Gasteiger partial charge in [0.05, 0.1) is 11.8 Å². The molecule has 0 aliphatic heterocycles. The zero-order valence-electron chi connectivity index (χ0n) is 31.5. The molecule has 56 heavy (non-hydrogen) atoms. The highest BCUT2D eigenvalue weighted by Gasteiger charge is 2.52. The van der Waals surface area contributed by atoms with Gasteiger partial charge >= 0.3 is 0 Å². The number of hydrogen-bond donors (Lipinski definition) is 0. The second-order valence-corrected chi connectivity index (χ2v) is 14.8. The highest BCUT2D eigenvalue weighted by molar-refractivity contribution is 5.95. The van der Waals surface area contributed by atoms with Gasteiger partial charge in [0.25, 0.3) is 0 Å². The van der Waals surface area contributed by atoms with Crippen molar-refractivity contribution in [2.75, 3.05) is 0 Å². The molecule has 8 rings (SSSR count). The Morgan fingerprint density at radius 2 is 0.768 bits per heavy atom. The standard InChI is InChI=1S/C53H46O3/c54-51(49(45-23-11-3-12-24-45)52(35-15-5-16-36-52)55-47-31-27-43(28-32-47)39-41-19-7-1-8-20-41)50(46-25-13-4-14-26-46)53(37-17-6-18-38-53)56-48-33-29-44(30-34-48)40-42-21-9-2-10-22-42/h1-35,37,49-50H,36,38-40H2. The average Bonchev–Trinajstić information content (AvgIpc) is 3.25. The third-order valence-corrected chi connectivity index (χ3v) is 10.9. The van der Waals surface area contributed by atoms with E-state index in [9.17, 15) is 0 Å². The quantitative estimate of drug-likeness (QED) is 0.112. The normalized spacial score (nSPS) is 19.6. The van der Waals surface area contributed by atoms with Gasteiger partial charge in [0.2, 0.25) is 0 Å². The van der Waals surface area contributed by atoms with E-state index in [4.69, 9.17) is 9.47 Å². The summed E-state index contributed by atoms with van der Waals surface area (Å²) in [6.07, 6.45) is 19.2. The Morgan fingerprint density at radius 1 is 0.429 bits per heavy atom. The van der Waals surface area contributed by atoms with E-state index < -0.39 is 23.0 Å². The Kier molecular flexibility index (Phi) is 11.0. The van der Waals surface area contributed by atoms with E-state index in [1.165, 1.54) is 22.3 Å². The summed E-state index contributed by atoms with van der Waals surface area (Å²) in [4.78, 5) is 16.1. The predicted octanol–water partition coefficient (Wildman–Crippen LogP) is 12.0. The molecule has 2 aliphatic rings. The van der Waals surface area contributed by atoms with Crippen LogP contribution in [0.25, 0.3) is 0 Å². The summed E-state index contributed by atoms with van der Waals surface area (Å²) in [5.74, 6) is 0.116. The molecule has 0 radical (unpaired) electrons. The van der Waals surface area contributed by atoms with Crippen molar-refractivity contribution in [3.05, 3.63) is 252 Å². The van der Waals surface area contributed by atoms with E-state index in [0.717, 1.165) is 24.0 Å². The van der Waals surface area contributed by atoms with E-state index in [1.54, 1.807) is 0 Å². The lowest BCUT2D eigenvalue weighted by Gasteiger charge is -2.44. The molecule has 0 amide bonds. The van der Waals surface area contributed by atoms with Gasteiger partial charge in [0, 0.05) is 12.8 Å². The van der Waals surface area contributed by atoms with Gasteiger partial charge in [0.1, 0.15) is 22.7 Å². The van der Waals surface area contributed by atoms with Crippen molar-refractivity contribution in [3.8, 4) is 11.5 Å². The minimum Gasteiger partial charge on any atom is -0.482 e. The Balaban J connectivity index is 1.18. The topological polar surface area (TPSA) is 35.5 Å². The van der Waals surface area contributed by atoms with E-state index in [2.05, 4.69) is 121 Å². The van der Waals surface area contributed by atoms with Gasteiger partial charge < -0.3 is 9.47 Å². The first kappa shape index (κ1) is 36.5. The second-order valence-electron chi connectivity index (χ2n) is 14.8. The minimum atomic E-state index is -1.00. The fourth-order valence-electron chi connectivity index (χ4n) is 8.22. The molecule has 0 heterocycles. The number of carbonyl (C=O) groups is 1. The van der Waals surface area contributed by atoms with Crippen molar-refractivity contribution in [1.29, 1.82) is 0 Å². The first-order chi connectivity index (χ1) is 27.6. The smallest absolute Gasteiger partial charge is 0.156 e. The fraction of sp³-hybridized carbons (Fsp3) is 0.151. The highest BCUT2D eigenvalue weighted by atomic mass is 16.5. The fourth-order valence-corrected chi connectivity index (χ4v) is 8.22. The van der Waals surface area contributed by atoms with Crippen LogP contribution in [0.15, 0.2) is 218 Å². The summed E-state index contributed by atoms with van der Waals surface area (Å²) < 4.78 is 14.3. The van der Waals surface area contributed by atoms with E-state index in [1.807, 2.05) is 97.1 Å². The number of Topliss-reactive ketones (excluding diaryl/α,β-unsaturated/α-hetero) is 1. The molecule has 0 fully saturated rings. The summed E-state index contributed by atoms with van der Waals surface area (Å²) in [5, 5.41) is 0. The first-order valence-corrected chi connectivity index (χ1v) is 19.6. The molecule has 0 N–H and O–H groups in total. The molecule has 6 aromatic rings. The summed E-state index contributed by atoms with van der Waals surface area (Å²) >= 11 is 0. The van der Waals surface area contributed by atoms with Crippen LogP contribution in [0.2, 0.25) is 0 Å². The van der Waals surface area contributed by atoms with Crippen LogP contribution in [-0.4, -0.2) is 17.0 Å². The number of hydrogen-bond acceptors (Lipinski definition) is 3. The van der Waals surface area contributed by atoms with Crippen LogP contribution in [0.1, 0.15) is 58.1 Å². The van der Waals surface area contributed by atoms with Gasteiger partial charge in [-0.2, -0.15) is 0 Å². The Labute approximate surface area is 331 Å². The van der Waals surface area contributed by atoms with Crippen molar-refractivity contribution in [2.45, 2.75) is 48.7 Å². The van der Waals surface area contributed by atoms with Crippen LogP contribution >= 0.6 is 0 Å². The van der Waals surface area contributed by atoms with E-state index in [-0.39, 0.29) is 5.78 Å². The minimum absolute atomic E-state index is 0.0312. The van der Waals surface area contributed by atoms with Crippen LogP contribution in [-0.2, 0) is 17.6 Å². The molecule has 3 nitrogen and oxygen atoms in total. The van der Waals surface area contributed by atoms with Crippen LogP contribution in [0, 0.1) is 0 Å². The van der Waals surface area contributed by atoms with Crippen LogP contribution in [0.3, 0.4) is 0 Å². The first-order valence-electron chi connectivity index (χ1n) is 19.6. The molecule has 0 saturated carbocycles. The van der Waals surface area contributed by atoms with Gasteiger partial charge in [-0.05, 0) is 82.6 Å². The zero-order chi connectivity index (χ0) is 38.0. The molecule has 3 heteroatoms. The van der Waals surface area contributed by atoms with Crippen molar-refractivity contribution < 1.29 is 14.3 Å². The maximum absolute atomic E-state index is 16.1. The van der Waals surface area contributed by atoms with Gasteiger partial charge in [-0.1, -0.05) is 182 Å². The average molecular weight is 731 g/mol. The van der Waals surface area contributed by atoms with E-state index >= 15 is 4.79 Å². The lowest BCUT2D eigenvalue weighted by atomic mass is 9.66. The van der Waals surface area contributed by atoms with Gasteiger partial charge in [-0.3, -0.25) is 4.79 Å². The maximum atomic E-state index is 16.1. The lowest BCUT2D eigenvalue weighted by molar-refractivity contribution is -0.129. The van der Waals surface area contributed by atoms with Crippen molar-refractivity contribution in [3.63, 3.8) is 0 Å². The van der Waals surface area contributed by atoms with Crippen LogP contribution < -0.4 is 9.47 Å². The Morgan fingerprint density at radius 3 is 1.11 bits per heavy atom. The largest absolute Gasteiger partial charge is 0.482 e. The molecule has 6 aromatic carbocycles. The SMILES string of the molecule is O=C(C(c1ccccc1)C1(Oc2ccc(Cc3ccccc3)cc2)C=CC=CC1)C(c1ccccc1)C1(Oc2ccc(Cc3ccccc3)cc2)C=CC=CC1. The summed E-state index contributed by atoms with van der Waals surface area (Å²) in [6, 6.07) is 57.8. The highest BCUT2D eigenvalue weighted by Crippen LogP contribution is 2.48. The number of rotatable bonds is 14. The van der Waals surface area contributed by atoms with Gasteiger partial charge in [-0.25, -0.2) is 0 Å². The summed E-state index contributed by atoms with van der Waals surface area (Å²) in [6.45, 7) is 0. The summed E-state index contributed by atoms with van der Waals surface area (Å²) in [7, 11) is 0. The predicted molar refractivity (Wildman–Crippen MR) is 227 cm³/mol. The third-order valence-electron chi connectivity index (χ3n) is 10.9. The van der Waals surface area contributed by atoms with Crippen LogP contribution in [0.4, 0.5) is 0 Å². The van der Waals surface area contributed by atoms with Gasteiger partial charge in [0.15, 0.2) is 5.78 Å². The molecule has 0 spiro atoms. The maximum Gasteiger partial charge on any atom is 0.156 e. The lowest BCUT2D eigenvalue weighted by Crippen LogP contribution is -2.51. The number of ether oxygens (including phenoxy) is 2. The molecule has 276 valence electrons. The van der Waals surface area contributed by atoms with Gasteiger partial charge in [-0.15, -0.1) is 0 Å².